The second-order valence-electron chi connectivity index (χ2n) is 15.9. The molecule has 2 heterocycles. The minimum absolute atomic E-state index is 0.820. The molecule has 11 aromatic rings. The van der Waals surface area contributed by atoms with E-state index in [-0.39, 0.29) is 0 Å². The van der Waals surface area contributed by atoms with Gasteiger partial charge in [0, 0.05) is 50.2 Å². The van der Waals surface area contributed by atoms with Gasteiger partial charge < -0.3 is 19.0 Å². The molecule has 1 aliphatic heterocycles. The normalized spacial score (nSPS) is 12.0. The molecule has 1 aliphatic rings. The third kappa shape index (κ3) is 5.31. The fraction of sp³-hybridized carbons (Fsp3) is 0.0357. The van der Waals surface area contributed by atoms with Crippen LogP contribution in [0.25, 0.3) is 65.4 Å². The van der Waals surface area contributed by atoms with E-state index in [4.69, 9.17) is 9.15 Å². The lowest BCUT2D eigenvalue weighted by atomic mass is 9.87. The van der Waals surface area contributed by atoms with E-state index in [0.29, 0.717) is 0 Å². The first kappa shape index (κ1) is 34.2. The minimum atomic E-state index is 0.820. The quantitative estimate of drug-likeness (QED) is 0.158. The summed E-state index contributed by atoms with van der Waals surface area (Å²) in [7, 11) is 0. The molecule has 284 valence electrons. The molecular weight excluding hydrogens is 733 g/mol. The smallest absolute Gasteiger partial charge is 0.159 e. The Kier molecular flexibility index (Phi) is 7.63. The van der Waals surface area contributed by atoms with Gasteiger partial charge in [-0.1, -0.05) is 115 Å². The van der Waals surface area contributed by atoms with E-state index >= 15 is 0 Å². The van der Waals surface area contributed by atoms with Gasteiger partial charge in [0.1, 0.15) is 17.1 Å². The van der Waals surface area contributed by atoms with Crippen molar-refractivity contribution >= 4 is 88.4 Å². The molecule has 10 aromatic carbocycles. The van der Waals surface area contributed by atoms with Crippen molar-refractivity contribution in [1.82, 2.24) is 0 Å². The zero-order valence-corrected chi connectivity index (χ0v) is 33.2. The van der Waals surface area contributed by atoms with Gasteiger partial charge in [-0.2, -0.15) is 0 Å². The number of hydrogen-bond acceptors (Lipinski definition) is 4. The summed E-state index contributed by atoms with van der Waals surface area (Å²) in [5.74, 6) is 1.69. The Labute approximate surface area is 347 Å². The Bertz CT molecular complexity index is 3440. The number of aryl methyl sites for hydroxylation is 2. The van der Waals surface area contributed by atoms with Crippen LogP contribution >= 0.6 is 0 Å². The van der Waals surface area contributed by atoms with Crippen molar-refractivity contribution in [3.63, 3.8) is 0 Å². The summed E-state index contributed by atoms with van der Waals surface area (Å²) in [6.45, 7) is 4.35. The maximum Gasteiger partial charge on any atom is 0.159 e. The Balaban J connectivity index is 1.09. The number of furan rings is 1. The lowest BCUT2D eigenvalue weighted by Gasteiger charge is -2.29. The first-order valence-corrected chi connectivity index (χ1v) is 20.5. The molecule has 0 amide bonds. The zero-order valence-electron chi connectivity index (χ0n) is 33.2. The Morgan fingerprint density at radius 1 is 0.350 bits per heavy atom. The Morgan fingerprint density at radius 3 is 1.70 bits per heavy atom. The molecule has 0 N–H and O–H groups in total. The van der Waals surface area contributed by atoms with Gasteiger partial charge in [0.2, 0.25) is 0 Å². The topological polar surface area (TPSA) is 28.9 Å². The van der Waals surface area contributed by atoms with Crippen LogP contribution in [0.1, 0.15) is 11.1 Å². The number of rotatable bonds is 6. The summed E-state index contributed by atoms with van der Waals surface area (Å²) in [6, 6.07) is 69.3. The SMILES string of the molecule is Cc1ccc2c(N(c3ccccc3)c3ccccc3)cc3c4cc(C)cc5c4c(cc3c2c1)-c1ccc(N(c2ccccc2)c2cccc3c2oc2ccccc23)cc1O5. The maximum absolute atomic E-state index is 7.04. The van der Waals surface area contributed by atoms with Crippen LogP contribution in [0.3, 0.4) is 0 Å². The van der Waals surface area contributed by atoms with Crippen LogP contribution < -0.4 is 14.5 Å². The van der Waals surface area contributed by atoms with Crippen molar-refractivity contribution in [2.75, 3.05) is 9.80 Å². The first-order valence-electron chi connectivity index (χ1n) is 20.5. The van der Waals surface area contributed by atoms with Crippen LogP contribution in [0.4, 0.5) is 34.1 Å². The van der Waals surface area contributed by atoms with Gasteiger partial charge in [0.25, 0.3) is 0 Å². The molecule has 0 aliphatic carbocycles. The van der Waals surface area contributed by atoms with E-state index in [0.717, 1.165) is 84.1 Å². The highest BCUT2D eigenvalue weighted by Crippen LogP contribution is 2.53. The van der Waals surface area contributed by atoms with Crippen molar-refractivity contribution in [3.05, 3.63) is 205 Å². The third-order valence-electron chi connectivity index (χ3n) is 12.0. The molecule has 0 saturated heterocycles. The van der Waals surface area contributed by atoms with Crippen molar-refractivity contribution < 1.29 is 9.15 Å². The summed E-state index contributed by atoms with van der Waals surface area (Å²) in [6.07, 6.45) is 0. The summed E-state index contributed by atoms with van der Waals surface area (Å²) < 4.78 is 13.6. The van der Waals surface area contributed by atoms with E-state index < -0.39 is 0 Å². The summed E-state index contributed by atoms with van der Waals surface area (Å²) in [5, 5.41) is 9.33. The lowest BCUT2D eigenvalue weighted by molar-refractivity contribution is 0.487. The number of para-hydroxylation sites is 5. The highest BCUT2D eigenvalue weighted by molar-refractivity contribution is 6.26. The molecule has 0 unspecified atom stereocenters. The molecule has 0 spiro atoms. The highest BCUT2D eigenvalue weighted by Gasteiger charge is 2.27. The van der Waals surface area contributed by atoms with Gasteiger partial charge in [-0.15, -0.1) is 0 Å². The summed E-state index contributed by atoms with van der Waals surface area (Å²) in [5.41, 5.74) is 12.7. The molecule has 12 rings (SSSR count). The summed E-state index contributed by atoms with van der Waals surface area (Å²) >= 11 is 0. The molecule has 0 atom stereocenters. The fourth-order valence-corrected chi connectivity index (χ4v) is 9.43. The average molecular weight is 771 g/mol. The van der Waals surface area contributed by atoms with Gasteiger partial charge >= 0.3 is 0 Å². The van der Waals surface area contributed by atoms with Crippen molar-refractivity contribution in [2.45, 2.75) is 13.8 Å². The average Bonchev–Trinajstić information content (AvgIpc) is 3.67. The molecule has 0 saturated carbocycles. The molecule has 0 radical (unpaired) electrons. The fourth-order valence-electron chi connectivity index (χ4n) is 9.43. The monoisotopic (exact) mass is 770 g/mol. The summed E-state index contributed by atoms with van der Waals surface area (Å²) in [4.78, 5) is 4.66. The predicted octanol–water partition coefficient (Wildman–Crippen LogP) is 16.4. The van der Waals surface area contributed by atoms with Gasteiger partial charge in [0.05, 0.1) is 17.1 Å². The van der Waals surface area contributed by atoms with Crippen LogP contribution in [0, 0.1) is 13.8 Å². The predicted molar refractivity (Wildman–Crippen MR) is 251 cm³/mol. The Morgan fingerprint density at radius 2 is 0.967 bits per heavy atom. The second kappa shape index (κ2) is 13.4. The number of fused-ring (bicyclic) bond motifs is 9. The third-order valence-corrected chi connectivity index (χ3v) is 12.0. The van der Waals surface area contributed by atoms with E-state index in [1.807, 2.05) is 12.1 Å². The molecular formula is C56H38N2O2. The Hall–Kier alpha value is -7.82. The van der Waals surface area contributed by atoms with Gasteiger partial charge in [0.15, 0.2) is 5.58 Å². The lowest BCUT2D eigenvalue weighted by Crippen LogP contribution is -2.11. The van der Waals surface area contributed by atoms with Crippen molar-refractivity contribution in [1.29, 1.82) is 0 Å². The number of ether oxygens (including phenoxy) is 1. The molecule has 0 bridgehead atoms. The largest absolute Gasteiger partial charge is 0.456 e. The second-order valence-corrected chi connectivity index (χ2v) is 15.9. The molecule has 60 heavy (non-hydrogen) atoms. The van der Waals surface area contributed by atoms with Crippen LogP contribution in [0.2, 0.25) is 0 Å². The van der Waals surface area contributed by atoms with E-state index in [1.54, 1.807) is 0 Å². The van der Waals surface area contributed by atoms with E-state index in [1.165, 1.54) is 38.1 Å². The van der Waals surface area contributed by atoms with Gasteiger partial charge in [-0.25, -0.2) is 0 Å². The molecule has 4 heteroatoms. The van der Waals surface area contributed by atoms with Gasteiger partial charge in [-0.3, -0.25) is 0 Å². The van der Waals surface area contributed by atoms with Gasteiger partial charge in [-0.05, 0) is 125 Å². The van der Waals surface area contributed by atoms with E-state index in [2.05, 4.69) is 206 Å². The molecule has 4 nitrogen and oxygen atoms in total. The van der Waals surface area contributed by atoms with Crippen molar-refractivity contribution in [2.24, 2.45) is 0 Å². The maximum atomic E-state index is 7.04. The van der Waals surface area contributed by atoms with Crippen LogP contribution in [-0.2, 0) is 0 Å². The van der Waals surface area contributed by atoms with Crippen LogP contribution in [0.15, 0.2) is 199 Å². The van der Waals surface area contributed by atoms with E-state index in [9.17, 15) is 0 Å². The highest BCUT2D eigenvalue weighted by atomic mass is 16.5. The minimum Gasteiger partial charge on any atom is -0.456 e. The van der Waals surface area contributed by atoms with Crippen molar-refractivity contribution in [3.8, 4) is 22.6 Å². The standard InChI is InChI=1S/C56H38N2O2/c1-35-25-27-41-45(29-35)46-33-49-43-28-26-40(58(39-19-10-5-11-20-39)50-23-14-22-44-42-21-12-13-24-52(42)60-56(44)50)32-53(43)59-54-31-36(2)30-48(55(49)54)47(46)34-51(41)57(37-15-6-3-7-16-37)38-17-8-4-9-18-38/h3-34H,1-2H3. The number of hydrogen-bond donors (Lipinski definition) is 0. The zero-order chi connectivity index (χ0) is 39.9. The first-order chi connectivity index (χ1) is 29.6. The molecule has 0 fully saturated rings. The number of nitrogens with zero attached hydrogens (tertiary/aromatic N) is 2. The van der Waals surface area contributed by atoms with Crippen LogP contribution in [-0.4, -0.2) is 0 Å². The van der Waals surface area contributed by atoms with Crippen LogP contribution in [0.5, 0.6) is 11.5 Å². The molecule has 1 aromatic heterocycles. The number of benzene rings is 10. The number of anilines is 6.